The van der Waals surface area contributed by atoms with Crippen molar-refractivity contribution in [2.75, 3.05) is 6.61 Å². The molecular weight excluding hydrogens is 461 g/mol. The number of imide groups is 1. The van der Waals surface area contributed by atoms with Gasteiger partial charge in [0.15, 0.2) is 12.3 Å². The molecule has 1 aliphatic heterocycles. The van der Waals surface area contributed by atoms with Crippen LogP contribution >= 0.6 is 12.3 Å². The molecule has 4 amide bonds. The summed E-state index contributed by atoms with van der Waals surface area (Å²) in [6, 6.07) is 10.5. The molecule has 10 heteroatoms. The van der Waals surface area contributed by atoms with Gasteiger partial charge in [0.05, 0.1) is 0 Å². The molecule has 0 fully saturated rings. The van der Waals surface area contributed by atoms with E-state index < -0.39 is 30.2 Å². The lowest BCUT2D eigenvalue weighted by molar-refractivity contribution is -0.136. The van der Waals surface area contributed by atoms with Crippen LogP contribution in [0.3, 0.4) is 0 Å². The molecule has 1 unspecified atom stereocenters. The van der Waals surface area contributed by atoms with Gasteiger partial charge in [0.2, 0.25) is 12.3 Å². The van der Waals surface area contributed by atoms with Gasteiger partial charge in [-0.3, -0.25) is 19.2 Å². The Hall–Kier alpha value is -3.84. The number of halogens is 1. The summed E-state index contributed by atoms with van der Waals surface area (Å²) >= 11 is -0.488. The first kappa shape index (κ1) is 24.8. The van der Waals surface area contributed by atoms with Gasteiger partial charge in [-0.1, -0.05) is 31.3 Å². The normalized spacial score (nSPS) is 12.9. The van der Waals surface area contributed by atoms with Crippen molar-refractivity contribution in [2.45, 2.75) is 32.4 Å². The maximum atomic E-state index is 13.0. The van der Waals surface area contributed by atoms with Gasteiger partial charge in [0.25, 0.3) is 11.8 Å². The van der Waals surface area contributed by atoms with E-state index in [1.807, 2.05) is 6.92 Å². The molecule has 1 atom stereocenters. The van der Waals surface area contributed by atoms with Gasteiger partial charge >= 0.3 is 0 Å². The fourth-order valence-electron chi connectivity index (χ4n) is 3.62. The number of nitrogens with zero attached hydrogens (tertiary/aromatic N) is 2. The molecule has 34 heavy (non-hydrogen) atoms. The molecule has 2 N–H and O–H groups in total. The van der Waals surface area contributed by atoms with Gasteiger partial charge in [0, 0.05) is 23.2 Å². The van der Waals surface area contributed by atoms with E-state index in [-0.39, 0.29) is 31.9 Å². The molecular formula is C24H22FN3O5S. The van der Waals surface area contributed by atoms with Gasteiger partial charge in [-0.25, -0.2) is 0 Å². The van der Waals surface area contributed by atoms with Crippen LogP contribution in [-0.2, 0) is 16.1 Å². The zero-order valence-corrected chi connectivity index (χ0v) is 19.1. The number of nitrogens with two attached hydrogens (primary N) is 1. The van der Waals surface area contributed by atoms with Crippen LogP contribution in [0.4, 0.5) is 3.89 Å². The van der Waals surface area contributed by atoms with E-state index in [4.69, 9.17) is 10.5 Å². The first-order valence-corrected chi connectivity index (χ1v) is 11.1. The molecule has 1 aliphatic rings. The van der Waals surface area contributed by atoms with Crippen molar-refractivity contribution in [3.63, 3.8) is 0 Å². The Balaban J connectivity index is 1.75. The number of amides is 4. The van der Waals surface area contributed by atoms with E-state index in [1.54, 1.807) is 42.5 Å². The number of rotatable bonds is 9. The van der Waals surface area contributed by atoms with E-state index in [0.29, 0.717) is 38.7 Å². The van der Waals surface area contributed by atoms with Crippen molar-refractivity contribution in [1.29, 1.82) is 0 Å². The Morgan fingerprint density at radius 1 is 1.29 bits per heavy atom. The number of hydrogen-bond acceptors (Lipinski definition) is 6. The number of carbonyl (C=O) groups is 4. The minimum atomic E-state index is -0.967. The number of fused-ring (bicyclic) bond motifs is 1. The molecule has 2 aromatic rings. The van der Waals surface area contributed by atoms with Crippen molar-refractivity contribution < 1.29 is 27.8 Å². The van der Waals surface area contributed by atoms with Crippen molar-refractivity contribution in [3.05, 3.63) is 64.7 Å². The second-order valence-corrected chi connectivity index (χ2v) is 7.92. The Morgan fingerprint density at radius 3 is 2.65 bits per heavy atom. The topological polar surface area (TPSA) is 110 Å². The van der Waals surface area contributed by atoms with Crippen LogP contribution in [0.5, 0.6) is 5.75 Å². The average molecular weight is 484 g/mol. The fraction of sp³-hybridized carbons (Fsp3) is 0.250. The SMILES string of the molecule is CCCC(C(=O)N(C=O)SF)N1Cc2c(C#CCOc3ccc(C(N)=O)cc3)cccc2C1=O. The average Bonchev–Trinajstić information content (AvgIpc) is 3.18. The quantitative estimate of drug-likeness (QED) is 0.334. The maximum absolute atomic E-state index is 13.0. The van der Waals surface area contributed by atoms with Crippen LogP contribution in [0.25, 0.3) is 0 Å². The highest BCUT2D eigenvalue weighted by Gasteiger charge is 2.38. The van der Waals surface area contributed by atoms with Crippen LogP contribution in [0.15, 0.2) is 42.5 Å². The van der Waals surface area contributed by atoms with Gasteiger partial charge in [-0.05, 0) is 48.4 Å². The summed E-state index contributed by atoms with van der Waals surface area (Å²) in [4.78, 5) is 49.2. The first-order valence-electron chi connectivity index (χ1n) is 10.4. The second kappa shape index (κ2) is 11.3. The lowest BCUT2D eigenvalue weighted by Crippen LogP contribution is -2.46. The number of benzene rings is 2. The summed E-state index contributed by atoms with van der Waals surface area (Å²) in [5, 5.41) is 0. The van der Waals surface area contributed by atoms with E-state index >= 15 is 0 Å². The second-order valence-electron chi connectivity index (χ2n) is 7.39. The van der Waals surface area contributed by atoms with E-state index in [1.165, 1.54) is 4.90 Å². The van der Waals surface area contributed by atoms with Crippen molar-refractivity contribution in [1.82, 2.24) is 9.21 Å². The highest BCUT2D eigenvalue weighted by Crippen LogP contribution is 2.30. The number of ether oxygens (including phenoxy) is 1. The number of carbonyl (C=O) groups excluding carboxylic acids is 4. The van der Waals surface area contributed by atoms with Gasteiger partial charge < -0.3 is 15.4 Å². The molecule has 2 aromatic carbocycles. The third-order valence-corrected chi connectivity index (χ3v) is 5.69. The molecule has 0 aromatic heterocycles. The van der Waals surface area contributed by atoms with Crippen LogP contribution in [0, 0.1) is 11.8 Å². The summed E-state index contributed by atoms with van der Waals surface area (Å²) in [6.45, 7) is 2.02. The van der Waals surface area contributed by atoms with E-state index in [2.05, 4.69) is 11.8 Å². The number of primary amides is 1. The lowest BCUT2D eigenvalue weighted by Gasteiger charge is -2.27. The molecule has 0 radical (unpaired) electrons. The molecule has 176 valence electrons. The molecule has 0 saturated carbocycles. The number of hydrogen-bond donors (Lipinski definition) is 1. The molecule has 0 aliphatic carbocycles. The third-order valence-electron chi connectivity index (χ3n) is 5.28. The molecule has 0 saturated heterocycles. The fourth-order valence-corrected chi connectivity index (χ4v) is 3.85. The van der Waals surface area contributed by atoms with Gasteiger partial charge in [0.1, 0.15) is 18.4 Å². The zero-order chi connectivity index (χ0) is 24.7. The van der Waals surface area contributed by atoms with Crippen molar-refractivity contribution >= 4 is 36.5 Å². The zero-order valence-electron chi connectivity index (χ0n) is 18.3. The van der Waals surface area contributed by atoms with E-state index in [9.17, 15) is 23.1 Å². The molecule has 1 heterocycles. The highest BCUT2D eigenvalue weighted by atomic mass is 32.2. The summed E-state index contributed by atoms with van der Waals surface area (Å²) in [6.07, 6.45) is 0.944. The Bertz CT molecular complexity index is 1160. The smallest absolute Gasteiger partial charge is 0.263 e. The van der Waals surface area contributed by atoms with Crippen molar-refractivity contribution in [2.24, 2.45) is 5.73 Å². The predicted molar refractivity (Wildman–Crippen MR) is 124 cm³/mol. The summed E-state index contributed by atoms with van der Waals surface area (Å²) in [5.74, 6) is 4.72. The summed E-state index contributed by atoms with van der Waals surface area (Å²) < 4.78 is 18.9. The Labute approximate surface area is 200 Å². The molecule has 3 rings (SSSR count). The largest absolute Gasteiger partial charge is 0.481 e. The van der Waals surface area contributed by atoms with Crippen LogP contribution in [-0.4, -0.2) is 46.0 Å². The first-order chi connectivity index (χ1) is 16.4. The van der Waals surface area contributed by atoms with Crippen LogP contribution < -0.4 is 10.5 Å². The van der Waals surface area contributed by atoms with Crippen LogP contribution in [0.1, 0.15) is 51.6 Å². The standard InChI is InChI=1S/C24H22FN3O5S/c1-2-5-21(24(32)28(15-29)34-25)27-14-20-16(6-3-8-19(20)23(27)31)7-4-13-33-18-11-9-17(10-12-18)22(26)30/h3,6,8-12,15,21H,2,5,13-14H2,1H3,(H2,26,30). The third kappa shape index (κ3) is 5.38. The lowest BCUT2D eigenvalue weighted by atomic mass is 10.0. The van der Waals surface area contributed by atoms with Gasteiger partial charge in [-0.2, -0.15) is 4.31 Å². The van der Waals surface area contributed by atoms with Gasteiger partial charge in [-0.15, -0.1) is 3.89 Å². The molecule has 8 nitrogen and oxygen atoms in total. The molecule has 0 bridgehead atoms. The Morgan fingerprint density at radius 2 is 2.03 bits per heavy atom. The van der Waals surface area contributed by atoms with E-state index in [0.717, 1.165) is 0 Å². The summed E-state index contributed by atoms with van der Waals surface area (Å²) in [7, 11) is 0. The predicted octanol–water partition coefficient (Wildman–Crippen LogP) is 2.86. The Kier molecular flexibility index (Phi) is 8.27. The highest BCUT2D eigenvalue weighted by molar-refractivity contribution is 7.92. The minimum absolute atomic E-state index is 0.0657. The summed E-state index contributed by atoms with van der Waals surface area (Å²) in [5.41, 5.74) is 7.26. The monoisotopic (exact) mass is 483 g/mol. The maximum Gasteiger partial charge on any atom is 0.263 e. The van der Waals surface area contributed by atoms with Crippen LogP contribution in [0.2, 0.25) is 0 Å². The van der Waals surface area contributed by atoms with Crippen molar-refractivity contribution in [3.8, 4) is 17.6 Å². The molecule has 0 spiro atoms. The minimum Gasteiger partial charge on any atom is -0.481 e.